The minimum atomic E-state index is -1.01. The summed E-state index contributed by atoms with van der Waals surface area (Å²) >= 11 is 8.33. The minimum Gasteiger partial charge on any atom is -0.330 e. The van der Waals surface area contributed by atoms with Crippen LogP contribution in [0.25, 0.3) is 16.7 Å². The van der Waals surface area contributed by atoms with Crippen molar-refractivity contribution in [1.82, 2.24) is 9.55 Å². The van der Waals surface area contributed by atoms with E-state index in [1.165, 1.54) is 28.8 Å². The third kappa shape index (κ3) is 1.97. The third-order valence-electron chi connectivity index (χ3n) is 2.89. The molecule has 0 atom stereocenters. The van der Waals surface area contributed by atoms with Crippen molar-refractivity contribution in [1.29, 1.82) is 0 Å². The van der Waals surface area contributed by atoms with Gasteiger partial charge >= 0.3 is 0 Å². The van der Waals surface area contributed by atoms with Gasteiger partial charge in [0.05, 0.1) is 11.2 Å². The summed E-state index contributed by atoms with van der Waals surface area (Å²) in [7, 11) is 0. The van der Waals surface area contributed by atoms with Crippen LogP contribution in [0.4, 0.5) is 13.2 Å². The van der Waals surface area contributed by atoms with E-state index in [1.54, 1.807) is 0 Å². The van der Waals surface area contributed by atoms with E-state index in [2.05, 4.69) is 20.9 Å². The summed E-state index contributed by atoms with van der Waals surface area (Å²) in [5.41, 5.74) is 0.777. The van der Waals surface area contributed by atoms with E-state index in [1.807, 2.05) is 0 Å². The van der Waals surface area contributed by atoms with Gasteiger partial charge in [0.2, 0.25) is 0 Å². The Morgan fingerprint density at radius 1 is 1.10 bits per heavy atom. The second kappa shape index (κ2) is 4.75. The second-order valence-corrected chi connectivity index (χ2v) is 5.36. The SMILES string of the molecule is Fc1ccc(-n2c(=S)[nH]c3ccc(F)c(F)c32)c(Br)c1. The first kappa shape index (κ1) is 13.4. The molecule has 20 heavy (non-hydrogen) atoms. The number of rotatable bonds is 1. The van der Waals surface area contributed by atoms with Gasteiger partial charge in [-0.25, -0.2) is 13.2 Å². The summed E-state index contributed by atoms with van der Waals surface area (Å²) in [5.74, 6) is -2.43. The molecule has 0 saturated heterocycles. The zero-order chi connectivity index (χ0) is 14.4. The van der Waals surface area contributed by atoms with Crippen molar-refractivity contribution in [3.8, 4) is 5.69 Å². The zero-order valence-corrected chi connectivity index (χ0v) is 12.2. The van der Waals surface area contributed by atoms with Crippen LogP contribution >= 0.6 is 28.1 Å². The van der Waals surface area contributed by atoms with Crippen molar-refractivity contribution < 1.29 is 13.2 Å². The van der Waals surface area contributed by atoms with Crippen LogP contribution in [0, 0.1) is 22.2 Å². The highest BCUT2D eigenvalue weighted by Gasteiger charge is 2.16. The van der Waals surface area contributed by atoms with Gasteiger partial charge in [-0.2, -0.15) is 0 Å². The molecule has 1 heterocycles. The number of hydrogen-bond donors (Lipinski definition) is 1. The Labute approximate surface area is 125 Å². The molecule has 2 aromatic carbocycles. The van der Waals surface area contributed by atoms with Gasteiger partial charge in [-0.05, 0) is 58.5 Å². The maximum Gasteiger partial charge on any atom is 0.184 e. The molecular weight excluding hydrogens is 353 g/mol. The molecule has 0 spiro atoms. The van der Waals surface area contributed by atoms with E-state index in [0.29, 0.717) is 15.7 Å². The van der Waals surface area contributed by atoms with Gasteiger partial charge in [0.1, 0.15) is 11.3 Å². The van der Waals surface area contributed by atoms with Gasteiger partial charge in [-0.15, -0.1) is 0 Å². The molecule has 3 aromatic rings. The van der Waals surface area contributed by atoms with E-state index in [4.69, 9.17) is 12.2 Å². The Morgan fingerprint density at radius 2 is 1.85 bits per heavy atom. The standard InChI is InChI=1S/C13H6BrF3N2S/c14-7-5-6(15)1-4-10(7)19-12-9(18-13(19)20)3-2-8(16)11(12)17/h1-5H,(H,18,20). The molecule has 0 fully saturated rings. The van der Waals surface area contributed by atoms with Gasteiger partial charge in [-0.1, -0.05) is 0 Å². The molecule has 2 nitrogen and oxygen atoms in total. The molecule has 0 amide bonds. The molecule has 7 heteroatoms. The van der Waals surface area contributed by atoms with Crippen molar-refractivity contribution in [2.75, 3.05) is 0 Å². The summed E-state index contributed by atoms with van der Waals surface area (Å²) in [5, 5.41) is 0. The van der Waals surface area contributed by atoms with E-state index >= 15 is 0 Å². The maximum atomic E-state index is 14.0. The monoisotopic (exact) mass is 358 g/mol. The predicted molar refractivity (Wildman–Crippen MR) is 76.0 cm³/mol. The topological polar surface area (TPSA) is 20.7 Å². The Kier molecular flexibility index (Phi) is 3.18. The molecule has 0 aliphatic carbocycles. The fourth-order valence-electron chi connectivity index (χ4n) is 2.02. The molecule has 1 aromatic heterocycles. The number of aromatic nitrogens is 2. The van der Waals surface area contributed by atoms with E-state index in [9.17, 15) is 13.2 Å². The normalized spacial score (nSPS) is 11.2. The fourth-order valence-corrected chi connectivity index (χ4v) is 2.85. The summed E-state index contributed by atoms with van der Waals surface area (Å²) < 4.78 is 42.5. The van der Waals surface area contributed by atoms with Crippen molar-refractivity contribution >= 4 is 39.2 Å². The highest BCUT2D eigenvalue weighted by atomic mass is 79.9. The summed E-state index contributed by atoms with van der Waals surface area (Å²) in [6, 6.07) is 6.31. The second-order valence-electron chi connectivity index (χ2n) is 4.12. The largest absolute Gasteiger partial charge is 0.330 e. The Balaban J connectivity index is 2.44. The number of aromatic amines is 1. The average molecular weight is 359 g/mol. The molecule has 3 rings (SSSR count). The molecule has 0 aliphatic rings. The predicted octanol–water partition coefficient (Wildman–Crippen LogP) is 4.87. The number of nitrogens with zero attached hydrogens (tertiary/aromatic N) is 1. The van der Waals surface area contributed by atoms with E-state index in [0.717, 1.165) is 6.07 Å². The molecule has 0 saturated carbocycles. The average Bonchev–Trinajstić information content (AvgIpc) is 2.72. The number of halogens is 4. The van der Waals surface area contributed by atoms with Crippen LogP contribution in [-0.4, -0.2) is 9.55 Å². The molecule has 1 N–H and O–H groups in total. The fraction of sp³-hybridized carbons (Fsp3) is 0. The molecular formula is C13H6BrF3N2S. The molecule has 0 radical (unpaired) electrons. The smallest absolute Gasteiger partial charge is 0.184 e. The van der Waals surface area contributed by atoms with Gasteiger partial charge in [0, 0.05) is 4.47 Å². The molecule has 0 aliphatic heterocycles. The number of benzene rings is 2. The summed E-state index contributed by atoms with van der Waals surface area (Å²) in [6.45, 7) is 0. The van der Waals surface area contributed by atoms with Crippen LogP contribution in [-0.2, 0) is 0 Å². The highest BCUT2D eigenvalue weighted by molar-refractivity contribution is 9.10. The lowest BCUT2D eigenvalue weighted by molar-refractivity contribution is 0.514. The van der Waals surface area contributed by atoms with Crippen LogP contribution in [0.3, 0.4) is 0 Å². The molecule has 0 bridgehead atoms. The Bertz CT molecular complexity index is 885. The van der Waals surface area contributed by atoms with E-state index < -0.39 is 17.5 Å². The van der Waals surface area contributed by atoms with Crippen LogP contribution < -0.4 is 0 Å². The third-order valence-corrected chi connectivity index (χ3v) is 3.81. The Hall–Kier alpha value is -1.60. The minimum absolute atomic E-state index is 0.0118. The van der Waals surface area contributed by atoms with Crippen LogP contribution in [0.1, 0.15) is 0 Å². The van der Waals surface area contributed by atoms with Crippen LogP contribution in [0.15, 0.2) is 34.8 Å². The van der Waals surface area contributed by atoms with Gasteiger partial charge in [-0.3, -0.25) is 4.57 Å². The molecule has 102 valence electrons. The van der Waals surface area contributed by atoms with Crippen LogP contribution in [0.5, 0.6) is 0 Å². The number of H-pyrrole nitrogens is 1. The first-order valence-corrected chi connectivity index (χ1v) is 6.73. The zero-order valence-electron chi connectivity index (χ0n) is 9.75. The highest BCUT2D eigenvalue weighted by Crippen LogP contribution is 2.28. The lowest BCUT2D eigenvalue weighted by Gasteiger charge is -2.08. The van der Waals surface area contributed by atoms with Crippen molar-refractivity contribution in [2.24, 2.45) is 0 Å². The lowest BCUT2D eigenvalue weighted by Crippen LogP contribution is -1.98. The van der Waals surface area contributed by atoms with Gasteiger partial charge in [0.15, 0.2) is 16.4 Å². The van der Waals surface area contributed by atoms with Gasteiger partial charge < -0.3 is 4.98 Å². The van der Waals surface area contributed by atoms with Crippen LogP contribution in [0.2, 0.25) is 0 Å². The molecule has 0 unspecified atom stereocenters. The number of imidazole rings is 1. The quantitative estimate of drug-likeness (QED) is 0.615. The Morgan fingerprint density at radius 3 is 2.55 bits per heavy atom. The number of nitrogens with one attached hydrogen (secondary N) is 1. The van der Waals surface area contributed by atoms with Crippen molar-refractivity contribution in [3.05, 3.63) is 57.0 Å². The maximum absolute atomic E-state index is 14.0. The number of fused-ring (bicyclic) bond motifs is 1. The van der Waals surface area contributed by atoms with Crippen molar-refractivity contribution in [3.63, 3.8) is 0 Å². The summed E-state index contributed by atoms with van der Waals surface area (Å²) in [6.07, 6.45) is 0. The lowest BCUT2D eigenvalue weighted by atomic mass is 10.2. The first-order valence-electron chi connectivity index (χ1n) is 5.53. The van der Waals surface area contributed by atoms with Crippen molar-refractivity contribution in [2.45, 2.75) is 0 Å². The van der Waals surface area contributed by atoms with Gasteiger partial charge in [0.25, 0.3) is 0 Å². The first-order chi connectivity index (χ1) is 9.49. The number of hydrogen-bond acceptors (Lipinski definition) is 1. The van der Waals surface area contributed by atoms with E-state index in [-0.39, 0.29) is 10.3 Å². The summed E-state index contributed by atoms with van der Waals surface area (Å²) in [4.78, 5) is 2.79.